The van der Waals surface area contributed by atoms with Crippen LogP contribution in [0.25, 0.3) is 16.9 Å². The van der Waals surface area contributed by atoms with Crippen molar-refractivity contribution in [2.24, 2.45) is 0 Å². The monoisotopic (exact) mass is 1360 g/mol. The van der Waals surface area contributed by atoms with Gasteiger partial charge in [-0.25, -0.2) is 4.70 Å². The van der Waals surface area contributed by atoms with E-state index < -0.39 is 0 Å². The Morgan fingerprint density at radius 2 is 0.389 bits per heavy atom. The molecule has 0 radical (unpaired) electrons. The van der Waals surface area contributed by atoms with Gasteiger partial charge in [0.2, 0.25) is 11.4 Å². The van der Waals surface area contributed by atoms with Gasteiger partial charge in [0.15, 0.2) is 0 Å². The second-order valence-electron chi connectivity index (χ2n) is 30.3. The van der Waals surface area contributed by atoms with E-state index in [-0.39, 0.29) is 0 Å². The van der Waals surface area contributed by atoms with Crippen LogP contribution in [0.15, 0.2) is 59.7 Å². The second-order valence-corrected chi connectivity index (χ2v) is 31.8. The van der Waals surface area contributed by atoms with Crippen molar-refractivity contribution in [1.29, 1.82) is 0 Å². The first-order chi connectivity index (χ1) is 47.1. The van der Waals surface area contributed by atoms with Crippen molar-refractivity contribution >= 4 is 11.4 Å². The van der Waals surface area contributed by atoms with Gasteiger partial charge in [0.25, 0.3) is 0 Å². The Kier molecular flexibility index (Phi) is 66.1. The molecule has 0 N–H and O–H groups in total. The third-order valence-electron chi connectivity index (χ3n) is 21.2. The topological polar surface area (TPSA) is 25.3 Å². The molecule has 0 fully saturated rings. The fourth-order valence-electron chi connectivity index (χ4n) is 14.7. The molecule has 3 rings (SSSR count). The zero-order valence-corrected chi connectivity index (χ0v) is 66.3. The van der Waals surface area contributed by atoms with Gasteiger partial charge in [0, 0.05) is 22.3 Å². The summed E-state index contributed by atoms with van der Waals surface area (Å²) in [5.41, 5.74) is 22.1. The molecule has 0 aliphatic carbocycles. The molecule has 1 heterocycles. The third-order valence-corrected chi connectivity index (χ3v) is 22.6. The summed E-state index contributed by atoms with van der Waals surface area (Å²) in [7, 11) is 0. The van der Waals surface area contributed by atoms with E-state index in [1.165, 1.54) is 418 Å². The van der Waals surface area contributed by atoms with Gasteiger partial charge < -0.3 is 5.53 Å². The Bertz CT molecular complexity index is 1830. The number of hydrogen-bond acceptors (Lipinski definition) is 0. The predicted octanol–water partition coefficient (Wildman–Crippen LogP) is 33.7. The predicted molar refractivity (Wildman–Crippen MR) is 426 cm³/mol. The van der Waals surface area contributed by atoms with Gasteiger partial charge in [0.1, 0.15) is 0 Å². The molecule has 2 aromatic carbocycles. The zero-order valence-electron chi connectivity index (χ0n) is 65.3. The molecule has 0 saturated heterocycles. The van der Waals surface area contributed by atoms with Gasteiger partial charge >= 0.3 is 129 Å². The van der Waals surface area contributed by atoms with Crippen LogP contribution < -0.4 is 0 Å². The molecule has 0 amide bonds. The van der Waals surface area contributed by atoms with Crippen LogP contribution in [-0.2, 0) is 27.3 Å². The molecule has 1 aliphatic heterocycles. The first-order valence-corrected chi connectivity index (χ1v) is 45.0. The molecule has 0 saturated carbocycles. The Balaban J connectivity index is 0.00000139. The molecule has 3 heteroatoms. The number of nitrogens with zero attached hydrogens (tertiary/aromatic N) is 2. The van der Waals surface area contributed by atoms with Crippen LogP contribution in [-0.4, -0.2) is 4.70 Å². The molecule has 0 aromatic heterocycles. The minimum absolute atomic E-state index is 1.02. The van der Waals surface area contributed by atoms with E-state index in [2.05, 4.69) is 90.1 Å². The van der Waals surface area contributed by atoms with Crippen molar-refractivity contribution in [2.75, 3.05) is 0 Å². The summed E-state index contributed by atoms with van der Waals surface area (Å²) < 4.78 is 1.58. The molecule has 0 spiro atoms. The number of unbranched alkanes of at least 4 members (excludes halogenated alkanes) is 58. The van der Waals surface area contributed by atoms with Crippen molar-refractivity contribution in [3.8, 4) is 0 Å². The van der Waals surface area contributed by atoms with E-state index in [0.717, 1.165) is 73.9 Å². The summed E-state index contributed by atoms with van der Waals surface area (Å²) in [5.74, 6) is 0. The molecular formula is C92H166N2Ni. The van der Waals surface area contributed by atoms with Crippen molar-refractivity contribution in [3.05, 3.63) is 87.5 Å². The fraction of sp³-hybridized carbons (Fsp3) is 0.826. The molecule has 2 nitrogen and oxygen atoms in total. The van der Waals surface area contributed by atoms with Crippen LogP contribution in [0.3, 0.4) is 0 Å². The van der Waals surface area contributed by atoms with Crippen LogP contribution in [0.1, 0.15) is 488 Å². The first-order valence-electron chi connectivity index (χ1n) is 43.6. The van der Waals surface area contributed by atoms with Gasteiger partial charge in [-0.2, -0.15) is 0 Å². The van der Waals surface area contributed by atoms with Crippen molar-refractivity contribution in [2.45, 2.75) is 489 Å². The minimum atomic E-state index is 1.02. The van der Waals surface area contributed by atoms with Gasteiger partial charge in [-0.3, -0.25) is 0 Å². The number of aryl methyl sites for hydroxylation is 2. The van der Waals surface area contributed by atoms with Crippen molar-refractivity contribution in [3.63, 3.8) is 0 Å². The van der Waals surface area contributed by atoms with Crippen LogP contribution in [0.4, 0.5) is 0 Å². The molecule has 554 valence electrons. The quantitative estimate of drug-likeness (QED) is 0.0358. The van der Waals surface area contributed by atoms with Gasteiger partial charge in [-0.05, 0) is 86.8 Å². The summed E-state index contributed by atoms with van der Waals surface area (Å²) in [6, 6.07) is 18.5. The van der Waals surface area contributed by atoms with E-state index in [1.807, 2.05) is 14.4 Å². The molecule has 0 bridgehead atoms. The van der Waals surface area contributed by atoms with Gasteiger partial charge in [-0.1, -0.05) is 347 Å². The van der Waals surface area contributed by atoms with Gasteiger partial charge in [0.05, 0.1) is 0 Å². The van der Waals surface area contributed by atoms with E-state index in [9.17, 15) is 5.53 Å². The standard InChI is InChI=1S/C74H128N2.2C9H19.Ni/c1-5-9-13-15-17-19-21-23-25-27-29-31-33-35-37-39-41-43-45-47-49-51-53-55-67-59-63-69(64-60-67)73-71(57-11-7-3)72(58-12-8-4)74(76(73)75)70-65-61-68(62-66-70)56-54-52-50-48-46-44-42-40-38-36-34-32-30-28-26-24-22-20-18-16-14-10-6-2;2*1-3-5-7-9-8-6-4-2;/h59-66H,5-58H2,1-4H3;2*1,3-9H2,2H3;. The Morgan fingerprint density at radius 1 is 0.211 bits per heavy atom. The fourth-order valence-corrected chi connectivity index (χ4v) is 15.9. The first kappa shape index (κ1) is 89.1. The Labute approximate surface area is 603 Å². The molecule has 0 atom stereocenters. The van der Waals surface area contributed by atoms with E-state index in [1.54, 1.807) is 4.70 Å². The van der Waals surface area contributed by atoms with Crippen LogP contribution >= 0.6 is 0 Å². The molecule has 2 aromatic rings. The van der Waals surface area contributed by atoms with Gasteiger partial charge in [-0.15, -0.1) is 0 Å². The third kappa shape index (κ3) is 51.8. The van der Waals surface area contributed by atoms with Crippen LogP contribution in [0.5, 0.6) is 0 Å². The van der Waals surface area contributed by atoms with Crippen LogP contribution in [0, 0.1) is 0 Å². The average Bonchev–Trinajstić information content (AvgIpc) is 1.61. The number of benzene rings is 2. The number of allylic oxidation sites excluding steroid dienone is 2. The van der Waals surface area contributed by atoms with E-state index in [4.69, 9.17) is 0 Å². The normalized spacial score (nSPS) is 12.5. The Morgan fingerprint density at radius 3 is 0.589 bits per heavy atom. The molecule has 95 heavy (non-hydrogen) atoms. The SMILES string of the molecule is CCCCCCCCCCCCCCCCCCCCCCCCCc1ccc(C2=C(CCCC)C(CCCC)=C(c3ccc(CCCCCCCCCCCCCCCCCCCCCCCCC)cc3)[N+]2=[N-])cc1.CCCCCCCC[CH2][Ni][CH2]CCCCCCCC. The number of hydrogen-bond donors (Lipinski definition) is 0. The summed E-state index contributed by atoms with van der Waals surface area (Å²) in [5, 5.41) is 2.85. The summed E-state index contributed by atoms with van der Waals surface area (Å²) in [6.45, 7) is 13.8. The molecule has 1 aliphatic rings. The molecular weight excluding hydrogens is 1190 g/mol. The average molecular weight is 1360 g/mol. The van der Waals surface area contributed by atoms with Crippen molar-refractivity contribution in [1.82, 2.24) is 0 Å². The van der Waals surface area contributed by atoms with Crippen molar-refractivity contribution < 1.29 is 19.1 Å². The molecule has 0 unspecified atom stereocenters. The second kappa shape index (κ2) is 70.5. The maximum atomic E-state index is 12.1. The van der Waals surface area contributed by atoms with Crippen LogP contribution in [0.2, 0.25) is 10.8 Å². The maximum absolute atomic E-state index is 12.1. The summed E-state index contributed by atoms with van der Waals surface area (Å²) >= 11 is 2.01. The zero-order chi connectivity index (χ0) is 68.1. The van der Waals surface area contributed by atoms with E-state index >= 15 is 0 Å². The Hall–Kier alpha value is -1.99. The number of rotatable bonds is 72. The van der Waals surface area contributed by atoms with E-state index in [0.29, 0.717) is 0 Å². The summed E-state index contributed by atoms with van der Waals surface area (Å²) in [6.07, 6.45) is 95.2. The summed E-state index contributed by atoms with van der Waals surface area (Å²) in [4.78, 5) is 0.